The van der Waals surface area contributed by atoms with Crippen molar-refractivity contribution in [1.82, 2.24) is 15.5 Å². The molecule has 1 atom stereocenters. The Labute approximate surface area is 139 Å². The third kappa shape index (κ3) is 5.22. The van der Waals surface area contributed by atoms with E-state index in [1.165, 1.54) is 6.26 Å². The van der Waals surface area contributed by atoms with Crippen LogP contribution in [0.5, 0.6) is 0 Å². The fourth-order valence-corrected chi connectivity index (χ4v) is 2.25. The second kappa shape index (κ2) is 8.28. The van der Waals surface area contributed by atoms with Crippen LogP contribution in [0.4, 0.5) is 0 Å². The van der Waals surface area contributed by atoms with Gasteiger partial charge in [-0.05, 0) is 24.5 Å². The second-order valence-corrected chi connectivity index (χ2v) is 5.96. The first-order chi connectivity index (χ1) is 11.5. The first-order valence-electron chi connectivity index (χ1n) is 7.81. The van der Waals surface area contributed by atoms with Crippen molar-refractivity contribution in [2.24, 2.45) is 11.8 Å². The molecule has 0 fully saturated rings. The summed E-state index contributed by atoms with van der Waals surface area (Å²) >= 11 is 0. The van der Waals surface area contributed by atoms with Crippen LogP contribution in [-0.2, 0) is 16.0 Å². The highest BCUT2D eigenvalue weighted by Crippen LogP contribution is 2.16. The number of nitrogens with zero attached hydrogens (tertiary/aromatic N) is 2. The van der Waals surface area contributed by atoms with Gasteiger partial charge in [0.25, 0.3) is 0 Å². The summed E-state index contributed by atoms with van der Waals surface area (Å²) in [6.45, 7) is 4.02. The molecule has 0 saturated carbocycles. The molecule has 2 aromatic heterocycles. The van der Waals surface area contributed by atoms with Gasteiger partial charge in [-0.3, -0.25) is 9.59 Å². The predicted molar refractivity (Wildman–Crippen MR) is 83.9 cm³/mol. The zero-order valence-corrected chi connectivity index (χ0v) is 13.7. The number of rotatable bonds is 9. The molecule has 24 heavy (non-hydrogen) atoms. The van der Waals surface area contributed by atoms with E-state index in [0.717, 1.165) is 0 Å². The normalized spacial score (nSPS) is 12.3. The lowest BCUT2D eigenvalue weighted by Crippen LogP contribution is -2.33. The molecule has 0 spiro atoms. The monoisotopic (exact) mass is 335 g/mol. The molecule has 2 N–H and O–H groups in total. The molecular formula is C16H21N3O5. The van der Waals surface area contributed by atoms with Crippen LogP contribution in [0, 0.1) is 11.8 Å². The van der Waals surface area contributed by atoms with Crippen molar-refractivity contribution in [3.05, 3.63) is 24.3 Å². The van der Waals surface area contributed by atoms with Crippen molar-refractivity contribution in [2.75, 3.05) is 6.54 Å². The molecule has 0 aliphatic carbocycles. The highest BCUT2D eigenvalue weighted by Gasteiger charge is 2.20. The van der Waals surface area contributed by atoms with Crippen molar-refractivity contribution in [3.63, 3.8) is 0 Å². The third-order valence-corrected chi connectivity index (χ3v) is 3.43. The van der Waals surface area contributed by atoms with Gasteiger partial charge in [-0.1, -0.05) is 19.0 Å². The fourth-order valence-electron chi connectivity index (χ4n) is 2.25. The van der Waals surface area contributed by atoms with Gasteiger partial charge in [0.2, 0.25) is 17.6 Å². The molecule has 130 valence electrons. The maximum absolute atomic E-state index is 11.9. The summed E-state index contributed by atoms with van der Waals surface area (Å²) in [7, 11) is 0. The lowest BCUT2D eigenvalue weighted by molar-refractivity contribution is -0.142. The number of aliphatic carboxylic acids is 1. The minimum atomic E-state index is -0.899. The van der Waals surface area contributed by atoms with Crippen molar-refractivity contribution in [2.45, 2.75) is 33.1 Å². The van der Waals surface area contributed by atoms with Crippen LogP contribution >= 0.6 is 0 Å². The van der Waals surface area contributed by atoms with Crippen LogP contribution in [-0.4, -0.2) is 33.7 Å². The number of amides is 1. The lowest BCUT2D eigenvalue weighted by Gasteiger charge is -2.15. The molecular weight excluding hydrogens is 314 g/mol. The summed E-state index contributed by atoms with van der Waals surface area (Å²) < 4.78 is 10.2. The zero-order chi connectivity index (χ0) is 17.5. The van der Waals surface area contributed by atoms with E-state index in [2.05, 4.69) is 15.5 Å². The van der Waals surface area contributed by atoms with Crippen LogP contribution in [0.3, 0.4) is 0 Å². The van der Waals surface area contributed by atoms with Gasteiger partial charge < -0.3 is 19.4 Å². The Balaban J connectivity index is 1.77. The number of furan rings is 1. The van der Waals surface area contributed by atoms with Crippen LogP contribution in [0.1, 0.15) is 32.6 Å². The Morgan fingerprint density at radius 3 is 2.79 bits per heavy atom. The first kappa shape index (κ1) is 17.7. The summed E-state index contributed by atoms with van der Waals surface area (Å²) in [4.78, 5) is 27.1. The van der Waals surface area contributed by atoms with E-state index in [4.69, 9.17) is 14.0 Å². The van der Waals surface area contributed by atoms with Gasteiger partial charge in [-0.15, -0.1) is 0 Å². The number of aromatic nitrogens is 2. The summed E-state index contributed by atoms with van der Waals surface area (Å²) in [6.07, 6.45) is 2.45. The Bertz CT molecular complexity index is 663. The lowest BCUT2D eigenvalue weighted by atomic mass is 9.97. The highest BCUT2D eigenvalue weighted by atomic mass is 16.5. The second-order valence-electron chi connectivity index (χ2n) is 5.96. The maximum atomic E-state index is 11.9. The predicted octanol–water partition coefficient (Wildman–Crippen LogP) is 2.13. The Morgan fingerprint density at radius 1 is 1.38 bits per heavy atom. The molecule has 0 saturated heterocycles. The van der Waals surface area contributed by atoms with Crippen molar-refractivity contribution < 1.29 is 23.6 Å². The van der Waals surface area contributed by atoms with E-state index in [-0.39, 0.29) is 31.2 Å². The van der Waals surface area contributed by atoms with Gasteiger partial charge in [0, 0.05) is 19.4 Å². The number of carboxylic acids is 1. The Morgan fingerprint density at radius 2 is 2.17 bits per heavy atom. The van der Waals surface area contributed by atoms with E-state index in [9.17, 15) is 9.59 Å². The quantitative estimate of drug-likeness (QED) is 0.720. The van der Waals surface area contributed by atoms with Crippen molar-refractivity contribution in [1.29, 1.82) is 0 Å². The van der Waals surface area contributed by atoms with Gasteiger partial charge >= 0.3 is 5.97 Å². The van der Waals surface area contributed by atoms with Gasteiger partial charge in [0.15, 0.2) is 5.76 Å². The van der Waals surface area contributed by atoms with Gasteiger partial charge in [0.05, 0.1) is 12.2 Å². The molecule has 0 radical (unpaired) electrons. The maximum Gasteiger partial charge on any atom is 0.308 e. The van der Waals surface area contributed by atoms with E-state index in [0.29, 0.717) is 23.9 Å². The van der Waals surface area contributed by atoms with Crippen molar-refractivity contribution in [3.8, 4) is 11.6 Å². The molecule has 1 unspecified atom stereocenters. The summed E-state index contributed by atoms with van der Waals surface area (Å²) in [5.41, 5.74) is 0. The number of carbonyl (C=O) groups is 2. The van der Waals surface area contributed by atoms with Crippen LogP contribution in [0.25, 0.3) is 11.6 Å². The standard InChI is InChI=1S/C16H21N3O5/c1-10(2)8-11(16(21)22)9-17-13(20)5-6-14-18-15(19-24-14)12-4-3-7-23-12/h3-4,7,10-11H,5-6,8-9H2,1-2H3,(H,17,20)(H,21,22). The number of aryl methyl sites for hydroxylation is 1. The summed E-state index contributed by atoms with van der Waals surface area (Å²) in [5, 5.41) is 15.6. The number of hydrogen-bond acceptors (Lipinski definition) is 6. The molecule has 2 rings (SSSR count). The molecule has 1 amide bonds. The molecule has 0 bridgehead atoms. The average Bonchev–Trinajstić information content (AvgIpc) is 3.19. The topological polar surface area (TPSA) is 118 Å². The molecule has 2 heterocycles. The molecule has 8 heteroatoms. The van der Waals surface area contributed by atoms with E-state index >= 15 is 0 Å². The van der Waals surface area contributed by atoms with Crippen molar-refractivity contribution >= 4 is 11.9 Å². The number of carboxylic acid groups (broad SMARTS) is 1. The van der Waals surface area contributed by atoms with Crippen LogP contribution in [0.15, 0.2) is 27.3 Å². The molecule has 0 aromatic carbocycles. The fraction of sp³-hybridized carbons (Fsp3) is 0.500. The highest BCUT2D eigenvalue weighted by molar-refractivity contribution is 5.77. The van der Waals surface area contributed by atoms with Gasteiger partial charge in [-0.2, -0.15) is 4.98 Å². The first-order valence-corrected chi connectivity index (χ1v) is 7.81. The number of nitrogens with one attached hydrogen (secondary N) is 1. The van der Waals surface area contributed by atoms with E-state index in [1.54, 1.807) is 12.1 Å². The summed E-state index contributed by atoms with van der Waals surface area (Å²) in [6, 6.07) is 3.43. The van der Waals surface area contributed by atoms with Crippen LogP contribution in [0.2, 0.25) is 0 Å². The zero-order valence-electron chi connectivity index (χ0n) is 13.7. The minimum Gasteiger partial charge on any atom is -0.481 e. The average molecular weight is 335 g/mol. The molecule has 8 nitrogen and oxygen atoms in total. The van der Waals surface area contributed by atoms with Gasteiger partial charge in [-0.25, -0.2) is 0 Å². The SMILES string of the molecule is CC(C)CC(CNC(=O)CCc1nc(-c2ccco2)no1)C(=O)O. The molecule has 2 aromatic rings. The van der Waals surface area contributed by atoms with E-state index in [1.807, 2.05) is 13.8 Å². The Hall–Kier alpha value is -2.64. The molecule has 0 aliphatic heterocycles. The molecule has 0 aliphatic rings. The van der Waals surface area contributed by atoms with Crippen LogP contribution < -0.4 is 5.32 Å². The number of carbonyl (C=O) groups excluding carboxylic acids is 1. The Kier molecular flexibility index (Phi) is 6.11. The smallest absolute Gasteiger partial charge is 0.308 e. The summed E-state index contributed by atoms with van der Waals surface area (Å²) in [5.74, 6) is -0.324. The minimum absolute atomic E-state index is 0.119. The van der Waals surface area contributed by atoms with E-state index < -0.39 is 11.9 Å². The van der Waals surface area contributed by atoms with Gasteiger partial charge in [0.1, 0.15) is 0 Å². The largest absolute Gasteiger partial charge is 0.481 e. The number of hydrogen-bond donors (Lipinski definition) is 2. The third-order valence-electron chi connectivity index (χ3n) is 3.43.